The highest BCUT2D eigenvalue weighted by atomic mass is 33.1. The maximum absolute atomic E-state index is 2.42. The summed E-state index contributed by atoms with van der Waals surface area (Å²) < 4.78 is 4.83. The van der Waals surface area contributed by atoms with Crippen molar-refractivity contribution in [3.63, 3.8) is 0 Å². The third-order valence-corrected chi connectivity index (χ3v) is 9.14. The minimum atomic E-state index is 1.18. The summed E-state index contributed by atoms with van der Waals surface area (Å²) in [6.07, 6.45) is 25.3. The van der Waals surface area contributed by atoms with Gasteiger partial charge in [0.1, 0.15) is 13.1 Å². The standard InChI is InChI=1S/C26H38N2S2/c1-3-11-25-21-27(17-13-23(25)9-1)15-5-7-19-29-30-20-8-6-16-28-18-14-24-10-2-4-12-26(24)22-28/h13-14,17-18,21-22H,1-12,15-16,19-20H2/q+2. The second-order valence-electron chi connectivity index (χ2n) is 8.94. The fourth-order valence-electron chi connectivity index (χ4n) is 4.74. The zero-order valence-corrected chi connectivity index (χ0v) is 20.1. The smallest absolute Gasteiger partial charge is 0.172 e. The maximum atomic E-state index is 2.42. The van der Waals surface area contributed by atoms with Crippen molar-refractivity contribution in [2.24, 2.45) is 0 Å². The summed E-state index contributed by atoms with van der Waals surface area (Å²) >= 11 is 0. The number of aryl methyl sites for hydroxylation is 6. The summed E-state index contributed by atoms with van der Waals surface area (Å²) in [5.41, 5.74) is 6.38. The summed E-state index contributed by atoms with van der Waals surface area (Å²) in [6, 6.07) is 4.73. The Morgan fingerprint density at radius 2 is 1.00 bits per heavy atom. The van der Waals surface area contributed by atoms with E-state index in [4.69, 9.17) is 0 Å². The van der Waals surface area contributed by atoms with E-state index in [1.54, 1.807) is 22.3 Å². The lowest BCUT2D eigenvalue weighted by atomic mass is 9.93. The van der Waals surface area contributed by atoms with Crippen molar-refractivity contribution in [1.82, 2.24) is 0 Å². The third kappa shape index (κ3) is 6.75. The summed E-state index contributed by atoms with van der Waals surface area (Å²) in [5, 5.41) is 0. The second kappa shape index (κ2) is 12.1. The van der Waals surface area contributed by atoms with Gasteiger partial charge < -0.3 is 0 Å². The van der Waals surface area contributed by atoms with Gasteiger partial charge in [-0.15, -0.1) is 0 Å². The van der Waals surface area contributed by atoms with E-state index in [0.717, 1.165) is 0 Å². The lowest BCUT2D eigenvalue weighted by Gasteiger charge is -2.13. The van der Waals surface area contributed by atoms with Gasteiger partial charge in [-0.25, -0.2) is 9.13 Å². The molecule has 0 unspecified atom stereocenters. The molecule has 2 aromatic rings. The average molecular weight is 443 g/mol. The Kier molecular flexibility index (Phi) is 8.99. The lowest BCUT2D eigenvalue weighted by molar-refractivity contribution is -0.697. The zero-order valence-electron chi connectivity index (χ0n) is 18.5. The van der Waals surface area contributed by atoms with Crippen LogP contribution in [0.2, 0.25) is 0 Å². The van der Waals surface area contributed by atoms with Crippen molar-refractivity contribution in [2.75, 3.05) is 11.5 Å². The van der Waals surface area contributed by atoms with Crippen molar-refractivity contribution in [2.45, 2.75) is 90.1 Å². The molecule has 2 heterocycles. The molecule has 0 atom stereocenters. The molecule has 0 spiro atoms. The zero-order chi connectivity index (χ0) is 20.4. The fourth-order valence-corrected chi connectivity index (χ4v) is 7.04. The second-order valence-corrected chi connectivity index (χ2v) is 11.6. The van der Waals surface area contributed by atoms with E-state index < -0.39 is 0 Å². The summed E-state index contributed by atoms with van der Waals surface area (Å²) in [6.45, 7) is 2.35. The summed E-state index contributed by atoms with van der Waals surface area (Å²) in [5.74, 6) is 2.57. The topological polar surface area (TPSA) is 7.76 Å². The first-order valence-electron chi connectivity index (χ1n) is 12.1. The molecule has 0 saturated heterocycles. The lowest BCUT2D eigenvalue weighted by Crippen LogP contribution is -2.34. The molecule has 0 fully saturated rings. The Morgan fingerprint density at radius 3 is 1.47 bits per heavy atom. The maximum Gasteiger partial charge on any atom is 0.172 e. The van der Waals surface area contributed by atoms with Crippen LogP contribution in [0.5, 0.6) is 0 Å². The number of nitrogens with zero attached hydrogens (tertiary/aromatic N) is 2. The van der Waals surface area contributed by atoms with Gasteiger partial charge in [0, 0.05) is 47.6 Å². The van der Waals surface area contributed by atoms with E-state index in [1.165, 1.54) is 102 Å². The molecule has 162 valence electrons. The van der Waals surface area contributed by atoms with Crippen molar-refractivity contribution < 1.29 is 9.13 Å². The van der Waals surface area contributed by atoms with Gasteiger partial charge >= 0.3 is 0 Å². The number of rotatable bonds is 11. The van der Waals surface area contributed by atoms with Crippen LogP contribution < -0.4 is 9.13 Å². The molecule has 4 heteroatoms. The van der Waals surface area contributed by atoms with Gasteiger partial charge in [-0.2, -0.15) is 0 Å². The van der Waals surface area contributed by atoms with Gasteiger partial charge in [0.15, 0.2) is 24.8 Å². The minimum Gasteiger partial charge on any atom is -0.205 e. The summed E-state index contributed by atoms with van der Waals surface area (Å²) in [7, 11) is 4.15. The van der Waals surface area contributed by atoms with Crippen LogP contribution in [0, 0.1) is 0 Å². The molecule has 4 rings (SSSR count). The molecule has 2 aromatic heterocycles. The first kappa shape index (κ1) is 22.2. The Labute approximate surface area is 191 Å². The van der Waals surface area contributed by atoms with Crippen molar-refractivity contribution in [3.8, 4) is 0 Å². The number of unbranched alkanes of at least 4 members (excludes halogenated alkanes) is 2. The molecule has 2 nitrogen and oxygen atoms in total. The van der Waals surface area contributed by atoms with Gasteiger partial charge in [-0.1, -0.05) is 21.6 Å². The third-order valence-electron chi connectivity index (χ3n) is 6.56. The predicted octanol–water partition coefficient (Wildman–Crippen LogP) is 5.66. The number of hydrogen-bond donors (Lipinski definition) is 0. The minimum absolute atomic E-state index is 1.18. The van der Waals surface area contributed by atoms with Crippen LogP contribution >= 0.6 is 21.6 Å². The molecule has 30 heavy (non-hydrogen) atoms. The van der Waals surface area contributed by atoms with Gasteiger partial charge in [0.25, 0.3) is 0 Å². The highest BCUT2D eigenvalue weighted by Gasteiger charge is 2.14. The molecule has 0 N–H and O–H groups in total. The number of pyridine rings is 2. The van der Waals surface area contributed by atoms with Crippen LogP contribution in [0.15, 0.2) is 36.9 Å². The van der Waals surface area contributed by atoms with Crippen LogP contribution in [0.1, 0.15) is 73.6 Å². The number of fused-ring (bicyclic) bond motifs is 2. The summed E-state index contributed by atoms with van der Waals surface area (Å²) in [4.78, 5) is 0. The molecule has 0 bridgehead atoms. The molecule has 2 aliphatic carbocycles. The monoisotopic (exact) mass is 442 g/mol. The van der Waals surface area contributed by atoms with E-state index in [-0.39, 0.29) is 0 Å². The van der Waals surface area contributed by atoms with Crippen LogP contribution in [0.25, 0.3) is 0 Å². The molecular formula is C26H38N2S2+2. The van der Waals surface area contributed by atoms with E-state index in [2.05, 4.69) is 67.6 Å². The molecule has 2 aliphatic rings. The molecule has 0 radical (unpaired) electrons. The van der Waals surface area contributed by atoms with Gasteiger partial charge in [0.2, 0.25) is 0 Å². The number of aromatic nitrogens is 2. The normalized spacial score (nSPS) is 15.6. The first-order chi connectivity index (χ1) is 14.9. The van der Waals surface area contributed by atoms with Gasteiger partial charge in [0.05, 0.1) is 0 Å². The predicted molar refractivity (Wildman–Crippen MR) is 130 cm³/mol. The Bertz CT molecular complexity index is 738. The number of hydrogen-bond acceptors (Lipinski definition) is 2. The quantitative estimate of drug-likeness (QED) is 0.252. The Balaban J connectivity index is 1.02. The van der Waals surface area contributed by atoms with Crippen molar-refractivity contribution in [1.29, 1.82) is 0 Å². The van der Waals surface area contributed by atoms with E-state index >= 15 is 0 Å². The van der Waals surface area contributed by atoms with E-state index in [0.29, 0.717) is 0 Å². The molecule has 0 saturated carbocycles. The average Bonchev–Trinajstić information content (AvgIpc) is 2.80. The molecular weight excluding hydrogens is 404 g/mol. The molecule has 0 aromatic carbocycles. The van der Waals surface area contributed by atoms with Crippen LogP contribution in [-0.2, 0) is 38.8 Å². The largest absolute Gasteiger partial charge is 0.205 e. The Hall–Kier alpha value is -1.00. The van der Waals surface area contributed by atoms with Gasteiger partial charge in [-0.3, -0.25) is 0 Å². The fraction of sp³-hybridized carbons (Fsp3) is 0.615. The van der Waals surface area contributed by atoms with Crippen LogP contribution in [-0.4, -0.2) is 11.5 Å². The van der Waals surface area contributed by atoms with Crippen LogP contribution in [0.3, 0.4) is 0 Å². The highest BCUT2D eigenvalue weighted by molar-refractivity contribution is 8.76. The highest BCUT2D eigenvalue weighted by Crippen LogP contribution is 2.24. The van der Waals surface area contributed by atoms with Crippen LogP contribution in [0.4, 0.5) is 0 Å². The van der Waals surface area contributed by atoms with E-state index in [1.807, 2.05) is 0 Å². The SMILES string of the molecule is c1c[n+](CCCCSSCCCC[n+]2ccc3c(c2)CCCC3)cc2c1CCCC2. The molecule has 0 amide bonds. The van der Waals surface area contributed by atoms with E-state index in [9.17, 15) is 0 Å². The molecule has 0 aliphatic heterocycles. The Morgan fingerprint density at radius 1 is 0.567 bits per heavy atom. The first-order valence-corrected chi connectivity index (χ1v) is 14.6. The van der Waals surface area contributed by atoms with Crippen molar-refractivity contribution in [3.05, 3.63) is 59.2 Å². The van der Waals surface area contributed by atoms with Gasteiger partial charge in [-0.05, 0) is 75.3 Å². The van der Waals surface area contributed by atoms with Crippen molar-refractivity contribution >= 4 is 21.6 Å².